The molecule has 1 aliphatic heterocycles. The first-order chi connectivity index (χ1) is 11.6. The van der Waals surface area contributed by atoms with Crippen molar-refractivity contribution < 1.29 is 4.79 Å². The largest absolute Gasteiger partial charge is 0.338 e. The lowest BCUT2D eigenvalue weighted by atomic mass is 10.2. The van der Waals surface area contributed by atoms with Crippen molar-refractivity contribution in [3.8, 4) is 0 Å². The van der Waals surface area contributed by atoms with E-state index in [0.717, 1.165) is 25.9 Å². The zero-order chi connectivity index (χ0) is 17.1. The number of aromatic nitrogens is 2. The van der Waals surface area contributed by atoms with E-state index >= 15 is 0 Å². The lowest BCUT2D eigenvalue weighted by Crippen LogP contribution is -2.41. The number of rotatable bonds is 5. The molecule has 1 atom stereocenters. The molecule has 0 radical (unpaired) electrons. The Balaban J connectivity index is 1.80. The summed E-state index contributed by atoms with van der Waals surface area (Å²) in [5.41, 5.74) is -0.307. The smallest absolute Gasteiger partial charge is 0.328 e. The van der Waals surface area contributed by atoms with E-state index in [1.807, 2.05) is 11.9 Å². The molecule has 24 heavy (non-hydrogen) atoms. The summed E-state index contributed by atoms with van der Waals surface area (Å²) in [4.78, 5) is 40.7. The Morgan fingerprint density at radius 1 is 1.33 bits per heavy atom. The topological polar surface area (TPSA) is 87.2 Å². The number of benzene rings is 1. The number of likely N-dealkylation sites (tertiary alicyclic amines) is 1. The van der Waals surface area contributed by atoms with Crippen LogP contribution in [0.2, 0.25) is 0 Å². The third-order valence-electron chi connectivity index (χ3n) is 4.59. The minimum absolute atomic E-state index is 0.0509. The lowest BCUT2D eigenvalue weighted by molar-refractivity contribution is -0.132. The molecule has 2 aromatic rings. The average molecular weight is 330 g/mol. The van der Waals surface area contributed by atoms with Crippen LogP contribution in [0, 0.1) is 0 Å². The second-order valence-electron chi connectivity index (χ2n) is 6.12. The van der Waals surface area contributed by atoms with Crippen molar-refractivity contribution in [3.63, 3.8) is 0 Å². The molecule has 0 aliphatic carbocycles. The van der Waals surface area contributed by atoms with Crippen LogP contribution in [0.5, 0.6) is 0 Å². The van der Waals surface area contributed by atoms with Crippen LogP contribution in [0.4, 0.5) is 0 Å². The first-order valence-corrected chi connectivity index (χ1v) is 8.27. The number of H-pyrrole nitrogens is 1. The second kappa shape index (κ2) is 7.00. The van der Waals surface area contributed by atoms with Crippen LogP contribution in [0.1, 0.15) is 19.3 Å². The number of nitrogens with one attached hydrogen (secondary N) is 2. The van der Waals surface area contributed by atoms with Crippen LogP contribution in [0.25, 0.3) is 10.9 Å². The number of amides is 1. The summed E-state index contributed by atoms with van der Waals surface area (Å²) >= 11 is 0. The maximum absolute atomic E-state index is 12.5. The molecule has 7 heteroatoms. The van der Waals surface area contributed by atoms with Crippen molar-refractivity contribution in [1.82, 2.24) is 19.8 Å². The molecule has 1 fully saturated rings. The highest BCUT2D eigenvalue weighted by molar-refractivity contribution is 5.79. The van der Waals surface area contributed by atoms with E-state index < -0.39 is 11.2 Å². The number of nitrogens with zero attached hydrogens (tertiary/aromatic N) is 2. The number of hydrogen-bond acceptors (Lipinski definition) is 4. The van der Waals surface area contributed by atoms with E-state index in [0.29, 0.717) is 10.9 Å². The highest BCUT2D eigenvalue weighted by Crippen LogP contribution is 2.18. The lowest BCUT2D eigenvalue weighted by Gasteiger charge is -2.24. The normalized spacial score (nSPS) is 17.5. The fourth-order valence-electron chi connectivity index (χ4n) is 3.43. The number of carbonyl (C=O) groups is 1. The highest BCUT2D eigenvalue weighted by Gasteiger charge is 2.27. The summed E-state index contributed by atoms with van der Waals surface area (Å²) in [6.45, 7) is 1.82. The number of aryl methyl sites for hydroxylation is 1. The molecule has 0 spiro atoms. The molecule has 1 amide bonds. The molecule has 2 N–H and O–H groups in total. The van der Waals surface area contributed by atoms with Gasteiger partial charge in [0.15, 0.2) is 0 Å². The third-order valence-corrected chi connectivity index (χ3v) is 4.59. The van der Waals surface area contributed by atoms with Gasteiger partial charge in [-0.3, -0.25) is 19.1 Å². The van der Waals surface area contributed by atoms with Crippen molar-refractivity contribution >= 4 is 16.8 Å². The number of para-hydroxylation sites is 1. The summed E-state index contributed by atoms with van der Waals surface area (Å²) in [7, 11) is 1.88. The number of aromatic amines is 1. The molecule has 7 nitrogen and oxygen atoms in total. The number of fused-ring (bicyclic) bond motifs is 1. The second-order valence-corrected chi connectivity index (χ2v) is 6.12. The van der Waals surface area contributed by atoms with Crippen LogP contribution in [-0.4, -0.2) is 46.5 Å². The summed E-state index contributed by atoms with van der Waals surface area (Å²) in [5.74, 6) is 0.0509. The molecule has 1 unspecified atom stereocenters. The molecular weight excluding hydrogens is 308 g/mol. The molecule has 3 rings (SSSR count). The van der Waals surface area contributed by atoms with Gasteiger partial charge >= 0.3 is 5.69 Å². The Bertz CT molecular complexity index is 855. The highest BCUT2D eigenvalue weighted by atomic mass is 16.2. The molecule has 1 saturated heterocycles. The SMILES string of the molecule is CNCC1CCCN1C(=O)CCn1c(=O)[nH]c(=O)c2ccccc21. The van der Waals surface area contributed by atoms with Crippen LogP contribution in [0.3, 0.4) is 0 Å². The minimum Gasteiger partial charge on any atom is -0.338 e. The van der Waals surface area contributed by atoms with Gasteiger partial charge in [-0.2, -0.15) is 0 Å². The van der Waals surface area contributed by atoms with E-state index in [-0.39, 0.29) is 24.9 Å². The molecule has 2 heterocycles. The van der Waals surface area contributed by atoms with Crippen molar-refractivity contribution in [2.75, 3.05) is 20.1 Å². The first kappa shape index (κ1) is 16.4. The van der Waals surface area contributed by atoms with E-state index in [1.165, 1.54) is 4.57 Å². The van der Waals surface area contributed by atoms with Gasteiger partial charge in [0.1, 0.15) is 0 Å². The van der Waals surface area contributed by atoms with E-state index in [4.69, 9.17) is 0 Å². The predicted molar refractivity (Wildman–Crippen MR) is 92.1 cm³/mol. The zero-order valence-corrected chi connectivity index (χ0v) is 13.7. The van der Waals surface area contributed by atoms with Crippen molar-refractivity contribution in [3.05, 3.63) is 45.1 Å². The van der Waals surface area contributed by atoms with Gasteiger partial charge in [-0.15, -0.1) is 0 Å². The first-order valence-electron chi connectivity index (χ1n) is 8.27. The fraction of sp³-hybridized carbons (Fsp3) is 0.471. The molecule has 1 aromatic carbocycles. The Morgan fingerprint density at radius 2 is 2.12 bits per heavy atom. The van der Waals surface area contributed by atoms with Crippen molar-refractivity contribution in [2.24, 2.45) is 0 Å². The number of hydrogen-bond donors (Lipinski definition) is 2. The van der Waals surface area contributed by atoms with Gasteiger partial charge in [0.25, 0.3) is 5.56 Å². The average Bonchev–Trinajstić information content (AvgIpc) is 3.03. The number of likely N-dealkylation sites (N-methyl/N-ethyl adjacent to an activating group) is 1. The molecule has 0 saturated carbocycles. The van der Waals surface area contributed by atoms with Gasteiger partial charge in [0, 0.05) is 32.1 Å². The van der Waals surface area contributed by atoms with Crippen LogP contribution >= 0.6 is 0 Å². The predicted octanol–water partition coefficient (Wildman–Crippen LogP) is 0.290. The van der Waals surface area contributed by atoms with E-state index in [2.05, 4.69) is 10.3 Å². The van der Waals surface area contributed by atoms with Gasteiger partial charge in [-0.25, -0.2) is 4.79 Å². The molecule has 0 bridgehead atoms. The fourth-order valence-corrected chi connectivity index (χ4v) is 3.43. The van der Waals surface area contributed by atoms with Gasteiger partial charge in [-0.1, -0.05) is 12.1 Å². The molecular formula is C17H22N4O3. The standard InChI is InChI=1S/C17H22N4O3/c1-18-11-12-5-4-9-20(12)15(22)8-10-21-14-7-3-2-6-13(14)16(23)19-17(21)24/h2-3,6-7,12,18H,4-5,8-11H2,1H3,(H,19,23,24). The monoisotopic (exact) mass is 330 g/mol. The third kappa shape index (κ3) is 3.12. The van der Waals surface area contributed by atoms with Crippen LogP contribution < -0.4 is 16.6 Å². The summed E-state index contributed by atoms with van der Waals surface area (Å²) in [5, 5.41) is 3.58. The Hall–Kier alpha value is -2.41. The molecule has 1 aromatic heterocycles. The van der Waals surface area contributed by atoms with Crippen molar-refractivity contribution in [2.45, 2.75) is 31.8 Å². The van der Waals surface area contributed by atoms with Crippen LogP contribution in [0.15, 0.2) is 33.9 Å². The molecule has 1 aliphatic rings. The summed E-state index contributed by atoms with van der Waals surface area (Å²) in [6, 6.07) is 7.17. The van der Waals surface area contributed by atoms with Crippen molar-refractivity contribution in [1.29, 1.82) is 0 Å². The summed E-state index contributed by atoms with van der Waals surface area (Å²) in [6.07, 6.45) is 2.27. The van der Waals surface area contributed by atoms with E-state index in [9.17, 15) is 14.4 Å². The quantitative estimate of drug-likeness (QED) is 0.825. The van der Waals surface area contributed by atoms with E-state index in [1.54, 1.807) is 24.3 Å². The maximum Gasteiger partial charge on any atom is 0.328 e. The van der Waals surface area contributed by atoms with Gasteiger partial charge in [0.05, 0.1) is 10.9 Å². The van der Waals surface area contributed by atoms with Gasteiger partial charge < -0.3 is 10.2 Å². The summed E-state index contributed by atoms with van der Waals surface area (Å²) < 4.78 is 1.47. The van der Waals surface area contributed by atoms with Crippen LogP contribution in [-0.2, 0) is 11.3 Å². The Labute approximate surface area is 139 Å². The zero-order valence-electron chi connectivity index (χ0n) is 13.7. The Morgan fingerprint density at radius 3 is 2.92 bits per heavy atom. The van der Waals surface area contributed by atoms with Gasteiger partial charge in [-0.05, 0) is 32.0 Å². The van der Waals surface area contributed by atoms with Gasteiger partial charge in [0.2, 0.25) is 5.91 Å². The minimum atomic E-state index is -0.473. The Kier molecular flexibility index (Phi) is 4.80. The maximum atomic E-state index is 12.5. The molecule has 128 valence electrons. The number of carbonyl (C=O) groups excluding carboxylic acids is 1.